The Morgan fingerprint density at radius 1 is 1.45 bits per heavy atom. The molecule has 0 aliphatic carbocycles. The first-order chi connectivity index (χ1) is 9.44. The molecule has 5 heteroatoms. The summed E-state index contributed by atoms with van der Waals surface area (Å²) < 4.78 is 1.06. The normalized spacial score (nSPS) is 23.2. The van der Waals surface area contributed by atoms with Crippen molar-refractivity contribution in [1.82, 2.24) is 4.90 Å². The van der Waals surface area contributed by atoms with E-state index < -0.39 is 5.60 Å². The number of carbonyl (C=O) groups is 1. The number of fused-ring (bicyclic) bond motifs is 1. The molecule has 1 saturated heterocycles. The van der Waals surface area contributed by atoms with Crippen molar-refractivity contribution in [3.05, 3.63) is 29.1 Å². The lowest BCUT2D eigenvalue weighted by Crippen LogP contribution is -2.48. The number of carbonyl (C=O) groups excluding carboxylic acids is 1. The van der Waals surface area contributed by atoms with E-state index in [2.05, 4.69) is 0 Å². The van der Waals surface area contributed by atoms with E-state index >= 15 is 0 Å². The summed E-state index contributed by atoms with van der Waals surface area (Å²) in [7, 11) is 0. The molecule has 0 radical (unpaired) electrons. The molecule has 20 heavy (non-hydrogen) atoms. The summed E-state index contributed by atoms with van der Waals surface area (Å²) >= 11 is 1.48. The van der Waals surface area contributed by atoms with Crippen LogP contribution in [0.25, 0.3) is 10.1 Å². The minimum atomic E-state index is -0.769. The van der Waals surface area contributed by atoms with Crippen molar-refractivity contribution in [2.75, 3.05) is 18.8 Å². The Hall–Kier alpha value is -1.59. The van der Waals surface area contributed by atoms with Gasteiger partial charge in [-0.3, -0.25) is 4.79 Å². The van der Waals surface area contributed by atoms with Crippen LogP contribution in [0.15, 0.2) is 24.3 Å². The molecular formula is C15H18N2O2S. The Balaban J connectivity index is 1.88. The van der Waals surface area contributed by atoms with E-state index in [0.717, 1.165) is 22.9 Å². The van der Waals surface area contributed by atoms with Crippen LogP contribution < -0.4 is 5.73 Å². The lowest BCUT2D eigenvalue weighted by Gasteiger charge is -2.36. The highest BCUT2D eigenvalue weighted by Crippen LogP contribution is 2.29. The van der Waals surface area contributed by atoms with Crippen molar-refractivity contribution in [2.24, 2.45) is 0 Å². The molecular weight excluding hydrogens is 272 g/mol. The summed E-state index contributed by atoms with van der Waals surface area (Å²) in [6.07, 6.45) is 1.59. The molecule has 3 rings (SSSR count). The highest BCUT2D eigenvalue weighted by molar-refractivity contribution is 7.20. The summed E-state index contributed by atoms with van der Waals surface area (Å²) in [5, 5.41) is 11.1. The van der Waals surface area contributed by atoms with Crippen LogP contribution in [0.4, 0.5) is 5.69 Å². The van der Waals surface area contributed by atoms with Gasteiger partial charge in [-0.25, -0.2) is 0 Å². The van der Waals surface area contributed by atoms with Gasteiger partial charge in [-0.15, -0.1) is 11.3 Å². The van der Waals surface area contributed by atoms with Gasteiger partial charge in [0.25, 0.3) is 5.91 Å². The molecule has 1 unspecified atom stereocenters. The van der Waals surface area contributed by atoms with Crippen LogP contribution in [-0.4, -0.2) is 34.6 Å². The van der Waals surface area contributed by atoms with Gasteiger partial charge in [0.05, 0.1) is 10.5 Å². The Kier molecular flexibility index (Phi) is 3.18. The second-order valence-corrected chi connectivity index (χ2v) is 6.82. The Bertz CT molecular complexity index is 663. The lowest BCUT2D eigenvalue weighted by atomic mass is 9.95. The zero-order valence-electron chi connectivity index (χ0n) is 11.4. The lowest BCUT2D eigenvalue weighted by molar-refractivity contribution is -0.0105. The first-order valence-corrected chi connectivity index (χ1v) is 7.57. The van der Waals surface area contributed by atoms with Gasteiger partial charge in [0.15, 0.2) is 0 Å². The minimum absolute atomic E-state index is 0.00439. The molecule has 1 aliphatic rings. The number of aliphatic hydroxyl groups is 1. The number of piperidine rings is 1. The van der Waals surface area contributed by atoms with E-state index in [4.69, 9.17) is 5.73 Å². The van der Waals surface area contributed by atoms with Gasteiger partial charge in [0.2, 0.25) is 0 Å². The number of nitrogen functional groups attached to an aromatic ring is 1. The van der Waals surface area contributed by atoms with Gasteiger partial charge < -0.3 is 15.7 Å². The first kappa shape index (κ1) is 13.4. The van der Waals surface area contributed by atoms with Gasteiger partial charge in [-0.1, -0.05) is 0 Å². The second kappa shape index (κ2) is 4.75. The molecule has 4 nitrogen and oxygen atoms in total. The fourth-order valence-corrected chi connectivity index (χ4v) is 3.73. The number of nitrogens with two attached hydrogens (primary N) is 1. The summed E-state index contributed by atoms with van der Waals surface area (Å²) in [5.41, 5.74) is 5.70. The maximum atomic E-state index is 12.5. The number of hydrogen-bond donors (Lipinski definition) is 2. The zero-order chi connectivity index (χ0) is 14.3. The van der Waals surface area contributed by atoms with Crippen molar-refractivity contribution in [3.63, 3.8) is 0 Å². The van der Waals surface area contributed by atoms with Crippen molar-refractivity contribution in [1.29, 1.82) is 0 Å². The number of nitrogens with zero attached hydrogens (tertiary/aromatic N) is 1. The molecule has 0 saturated carbocycles. The minimum Gasteiger partial charge on any atom is -0.399 e. The van der Waals surface area contributed by atoms with E-state index in [9.17, 15) is 9.90 Å². The van der Waals surface area contributed by atoms with E-state index in [1.54, 1.807) is 11.8 Å². The van der Waals surface area contributed by atoms with Crippen LogP contribution in [0.2, 0.25) is 0 Å². The summed E-state index contributed by atoms with van der Waals surface area (Å²) in [6, 6.07) is 7.56. The van der Waals surface area contributed by atoms with E-state index in [0.29, 0.717) is 23.7 Å². The highest BCUT2D eigenvalue weighted by Gasteiger charge is 2.31. The molecule has 2 aromatic rings. The molecule has 0 spiro atoms. The molecule has 1 fully saturated rings. The molecule has 1 amide bonds. The second-order valence-electron chi connectivity index (χ2n) is 5.74. The largest absolute Gasteiger partial charge is 0.399 e. The predicted molar refractivity (Wildman–Crippen MR) is 82.0 cm³/mol. The quantitative estimate of drug-likeness (QED) is 0.793. The smallest absolute Gasteiger partial charge is 0.264 e. The van der Waals surface area contributed by atoms with Gasteiger partial charge >= 0.3 is 0 Å². The fourth-order valence-electron chi connectivity index (χ4n) is 2.72. The standard InChI is InChI=1S/C15H18N2O2S/c1-15(19)5-2-6-17(9-15)14(18)13-8-10-7-11(16)3-4-12(10)20-13/h3-4,7-8,19H,2,5-6,9,16H2,1H3. The molecule has 1 aromatic heterocycles. The summed E-state index contributed by atoms with van der Waals surface area (Å²) in [6.45, 7) is 2.91. The Labute approximate surface area is 121 Å². The Morgan fingerprint density at radius 2 is 2.25 bits per heavy atom. The van der Waals surface area contributed by atoms with Gasteiger partial charge in [-0.2, -0.15) is 0 Å². The molecule has 2 heterocycles. The summed E-state index contributed by atoms with van der Waals surface area (Å²) in [5.74, 6) is 0.00439. The molecule has 106 valence electrons. The molecule has 1 aliphatic heterocycles. The Morgan fingerprint density at radius 3 is 3.00 bits per heavy atom. The number of benzene rings is 1. The van der Waals surface area contributed by atoms with E-state index in [-0.39, 0.29) is 5.91 Å². The van der Waals surface area contributed by atoms with E-state index in [1.165, 1.54) is 11.3 Å². The average Bonchev–Trinajstić information content (AvgIpc) is 2.79. The van der Waals surface area contributed by atoms with Crippen molar-refractivity contribution in [3.8, 4) is 0 Å². The van der Waals surface area contributed by atoms with Crippen LogP contribution in [0.3, 0.4) is 0 Å². The molecule has 1 atom stereocenters. The van der Waals surface area contributed by atoms with Crippen molar-refractivity contribution in [2.45, 2.75) is 25.4 Å². The van der Waals surface area contributed by atoms with Crippen molar-refractivity contribution < 1.29 is 9.90 Å². The SMILES string of the molecule is CC1(O)CCCN(C(=O)c2cc3cc(N)ccc3s2)C1. The number of likely N-dealkylation sites (tertiary alicyclic amines) is 1. The number of β-amino-alcohol motifs (C(OH)–C–C–N with tert-alkyl or cyclic N) is 1. The average molecular weight is 290 g/mol. The van der Waals surface area contributed by atoms with Gasteiger partial charge in [0, 0.05) is 23.5 Å². The van der Waals surface area contributed by atoms with Gasteiger partial charge in [0.1, 0.15) is 0 Å². The monoisotopic (exact) mass is 290 g/mol. The maximum Gasteiger partial charge on any atom is 0.264 e. The first-order valence-electron chi connectivity index (χ1n) is 6.75. The van der Waals surface area contributed by atoms with Crippen LogP contribution in [0.5, 0.6) is 0 Å². The number of rotatable bonds is 1. The van der Waals surface area contributed by atoms with Crippen molar-refractivity contribution >= 4 is 33.0 Å². The zero-order valence-corrected chi connectivity index (χ0v) is 12.2. The molecule has 0 bridgehead atoms. The third-order valence-corrected chi connectivity index (χ3v) is 4.82. The highest BCUT2D eigenvalue weighted by atomic mass is 32.1. The molecule has 3 N–H and O–H groups in total. The number of amides is 1. The number of thiophene rings is 1. The maximum absolute atomic E-state index is 12.5. The third kappa shape index (κ3) is 2.51. The van der Waals surface area contributed by atoms with Crippen LogP contribution in [0, 0.1) is 0 Å². The van der Waals surface area contributed by atoms with E-state index in [1.807, 2.05) is 24.3 Å². The van der Waals surface area contributed by atoms with Crippen LogP contribution >= 0.6 is 11.3 Å². The number of hydrogen-bond acceptors (Lipinski definition) is 4. The summed E-state index contributed by atoms with van der Waals surface area (Å²) in [4.78, 5) is 15.0. The fraction of sp³-hybridized carbons (Fsp3) is 0.400. The van der Waals surface area contributed by atoms with Gasteiger partial charge in [-0.05, 0) is 49.4 Å². The predicted octanol–water partition coefficient (Wildman–Crippen LogP) is 2.47. The van der Waals surface area contributed by atoms with Crippen LogP contribution in [0.1, 0.15) is 29.4 Å². The number of anilines is 1. The molecule has 1 aromatic carbocycles. The third-order valence-electron chi connectivity index (χ3n) is 3.71. The van der Waals surface area contributed by atoms with Crippen LogP contribution in [-0.2, 0) is 0 Å². The topological polar surface area (TPSA) is 66.6 Å².